The number of carbonyl (C=O) groups excluding carboxylic acids is 2. The van der Waals surface area contributed by atoms with Crippen LogP contribution in [0.4, 0.5) is 0 Å². The van der Waals surface area contributed by atoms with E-state index in [0.29, 0.717) is 15.6 Å². The van der Waals surface area contributed by atoms with Gasteiger partial charge in [-0.05, 0) is 17.7 Å². The monoisotopic (exact) mass is 344 g/mol. The average molecular weight is 345 g/mol. The molecule has 0 radical (unpaired) electrons. The molecule has 118 valence electrons. The summed E-state index contributed by atoms with van der Waals surface area (Å²) < 4.78 is 0. The number of hydrogen-bond acceptors (Lipinski definition) is 3. The minimum atomic E-state index is -1.15. The zero-order valence-electron chi connectivity index (χ0n) is 11.8. The first-order valence-corrected chi connectivity index (χ1v) is 7.26. The summed E-state index contributed by atoms with van der Waals surface area (Å²) in [6, 6.07) is 3.77. The molecule has 1 unspecified atom stereocenters. The van der Waals surface area contributed by atoms with Crippen LogP contribution in [0.25, 0.3) is 0 Å². The molecule has 1 atom stereocenters. The van der Waals surface area contributed by atoms with Gasteiger partial charge in [-0.1, -0.05) is 29.3 Å². The molecule has 1 aliphatic heterocycles. The molecule has 1 fully saturated rings. The van der Waals surface area contributed by atoms with Gasteiger partial charge < -0.3 is 14.9 Å². The van der Waals surface area contributed by atoms with E-state index in [4.69, 9.17) is 23.2 Å². The number of carboxylic acid groups (broad SMARTS) is 1. The number of hydrogen-bond donors (Lipinski definition) is 1. The maximum Gasteiger partial charge on any atom is 0.328 e. The summed E-state index contributed by atoms with van der Waals surface area (Å²) >= 11 is 12.0. The first-order chi connectivity index (χ1) is 10.3. The molecule has 1 aromatic carbocycles. The van der Waals surface area contributed by atoms with Crippen LogP contribution in [-0.2, 0) is 20.8 Å². The Bertz CT molecular complexity index is 615. The standard InChI is InChI=1S/C14H14Cl2N2O4/c1-17-6-11(14(21)22)18(7-13(17)20)12(19)5-8-9(15)3-2-4-10(8)16/h2-4,11H,5-7H2,1H3,(H,21,22). The summed E-state index contributed by atoms with van der Waals surface area (Å²) in [5.74, 6) is -1.96. The zero-order chi connectivity index (χ0) is 16.4. The number of likely N-dealkylation sites (N-methyl/N-ethyl adjacent to an activating group) is 1. The molecule has 2 rings (SSSR count). The van der Waals surface area contributed by atoms with Crippen molar-refractivity contribution in [1.82, 2.24) is 9.80 Å². The Morgan fingerprint density at radius 2 is 1.91 bits per heavy atom. The van der Waals surface area contributed by atoms with E-state index in [2.05, 4.69) is 0 Å². The van der Waals surface area contributed by atoms with Crippen molar-refractivity contribution in [2.24, 2.45) is 0 Å². The molecule has 0 bridgehead atoms. The zero-order valence-corrected chi connectivity index (χ0v) is 13.3. The van der Waals surface area contributed by atoms with Crippen LogP contribution in [-0.4, -0.2) is 58.9 Å². The molecule has 1 aliphatic rings. The van der Waals surface area contributed by atoms with Crippen LogP contribution >= 0.6 is 23.2 Å². The number of rotatable bonds is 3. The van der Waals surface area contributed by atoms with E-state index < -0.39 is 17.9 Å². The number of carboxylic acids is 1. The number of carbonyl (C=O) groups is 3. The molecule has 0 saturated carbocycles. The van der Waals surface area contributed by atoms with Gasteiger partial charge >= 0.3 is 5.97 Å². The van der Waals surface area contributed by atoms with Crippen LogP contribution in [0.15, 0.2) is 18.2 Å². The number of aliphatic carboxylic acids is 1. The topological polar surface area (TPSA) is 77.9 Å². The van der Waals surface area contributed by atoms with Crippen molar-refractivity contribution in [2.45, 2.75) is 12.5 Å². The molecule has 1 aromatic rings. The second-order valence-electron chi connectivity index (χ2n) is 5.03. The van der Waals surface area contributed by atoms with Crippen LogP contribution in [0.2, 0.25) is 10.0 Å². The fraction of sp³-hybridized carbons (Fsp3) is 0.357. The Morgan fingerprint density at radius 3 is 2.45 bits per heavy atom. The lowest BCUT2D eigenvalue weighted by Gasteiger charge is -2.37. The Morgan fingerprint density at radius 1 is 1.32 bits per heavy atom. The van der Waals surface area contributed by atoms with Gasteiger partial charge in [0.25, 0.3) is 0 Å². The molecule has 6 nitrogen and oxygen atoms in total. The van der Waals surface area contributed by atoms with Crippen molar-refractivity contribution in [3.05, 3.63) is 33.8 Å². The summed E-state index contributed by atoms with van der Waals surface area (Å²) in [6.45, 7) is -0.315. The van der Waals surface area contributed by atoms with Crippen molar-refractivity contribution in [3.8, 4) is 0 Å². The van der Waals surface area contributed by atoms with Gasteiger partial charge in [-0.3, -0.25) is 9.59 Å². The Labute approximate surface area is 137 Å². The smallest absolute Gasteiger partial charge is 0.328 e. The quantitative estimate of drug-likeness (QED) is 0.896. The van der Waals surface area contributed by atoms with E-state index in [1.54, 1.807) is 18.2 Å². The Kier molecular flexibility index (Phi) is 4.93. The van der Waals surface area contributed by atoms with E-state index in [9.17, 15) is 19.5 Å². The average Bonchev–Trinajstić information content (AvgIpc) is 2.45. The first-order valence-electron chi connectivity index (χ1n) is 6.50. The summed E-state index contributed by atoms with van der Waals surface area (Å²) in [4.78, 5) is 37.8. The van der Waals surface area contributed by atoms with Crippen molar-refractivity contribution >= 4 is 41.0 Å². The molecule has 1 saturated heterocycles. The number of halogens is 2. The first kappa shape index (κ1) is 16.6. The molecule has 1 N–H and O–H groups in total. The van der Waals surface area contributed by atoms with Gasteiger partial charge in [0.1, 0.15) is 12.6 Å². The number of piperazine rings is 1. The van der Waals surface area contributed by atoms with Gasteiger partial charge in [0.15, 0.2) is 0 Å². The maximum atomic E-state index is 12.4. The molecule has 0 spiro atoms. The highest BCUT2D eigenvalue weighted by atomic mass is 35.5. The summed E-state index contributed by atoms with van der Waals surface area (Å²) in [5.41, 5.74) is 0.423. The van der Waals surface area contributed by atoms with Crippen molar-refractivity contribution in [2.75, 3.05) is 20.1 Å². The number of nitrogens with zero attached hydrogens (tertiary/aromatic N) is 2. The van der Waals surface area contributed by atoms with Crippen LogP contribution in [0.3, 0.4) is 0 Å². The summed E-state index contributed by atoms with van der Waals surface area (Å²) in [6.07, 6.45) is -0.153. The van der Waals surface area contributed by atoms with E-state index in [-0.39, 0.29) is 25.4 Å². The highest BCUT2D eigenvalue weighted by Crippen LogP contribution is 2.25. The largest absolute Gasteiger partial charge is 0.480 e. The van der Waals surface area contributed by atoms with Crippen LogP contribution in [0.1, 0.15) is 5.56 Å². The maximum absolute atomic E-state index is 12.4. The van der Waals surface area contributed by atoms with Crippen molar-refractivity contribution in [1.29, 1.82) is 0 Å². The lowest BCUT2D eigenvalue weighted by Crippen LogP contribution is -2.59. The third kappa shape index (κ3) is 3.34. The molecular formula is C14H14Cl2N2O4. The van der Waals surface area contributed by atoms with Gasteiger partial charge in [-0.15, -0.1) is 0 Å². The molecule has 0 aliphatic carbocycles. The van der Waals surface area contributed by atoms with E-state index >= 15 is 0 Å². The van der Waals surface area contributed by atoms with E-state index in [0.717, 1.165) is 4.90 Å². The molecule has 22 heavy (non-hydrogen) atoms. The van der Waals surface area contributed by atoms with E-state index in [1.807, 2.05) is 0 Å². The molecule has 8 heteroatoms. The summed E-state index contributed by atoms with van der Waals surface area (Å²) in [5, 5.41) is 9.91. The van der Waals surface area contributed by atoms with Gasteiger partial charge in [0, 0.05) is 17.1 Å². The molecule has 2 amide bonds. The predicted molar refractivity (Wildman–Crippen MR) is 80.9 cm³/mol. The second kappa shape index (κ2) is 6.54. The third-order valence-corrected chi connectivity index (χ3v) is 4.26. The molecule has 1 heterocycles. The predicted octanol–water partition coefficient (Wildman–Crippen LogP) is 1.29. The van der Waals surface area contributed by atoms with Crippen molar-refractivity contribution < 1.29 is 19.5 Å². The Balaban J connectivity index is 2.23. The highest BCUT2D eigenvalue weighted by molar-refractivity contribution is 6.36. The van der Waals surface area contributed by atoms with Crippen LogP contribution in [0, 0.1) is 0 Å². The minimum absolute atomic E-state index is 0.0455. The number of benzene rings is 1. The summed E-state index contributed by atoms with van der Waals surface area (Å²) in [7, 11) is 1.50. The fourth-order valence-corrected chi connectivity index (χ4v) is 2.79. The highest BCUT2D eigenvalue weighted by Gasteiger charge is 2.37. The second-order valence-corrected chi connectivity index (χ2v) is 5.84. The SMILES string of the molecule is CN1CC(C(=O)O)N(C(=O)Cc2c(Cl)cccc2Cl)CC1=O. The van der Waals surface area contributed by atoms with Crippen molar-refractivity contribution in [3.63, 3.8) is 0 Å². The van der Waals surface area contributed by atoms with Gasteiger partial charge in [-0.25, -0.2) is 4.79 Å². The molecule has 0 aromatic heterocycles. The van der Waals surface area contributed by atoms with Crippen LogP contribution < -0.4 is 0 Å². The lowest BCUT2D eigenvalue weighted by molar-refractivity contribution is -0.158. The third-order valence-electron chi connectivity index (χ3n) is 3.55. The minimum Gasteiger partial charge on any atom is -0.480 e. The Hall–Kier alpha value is -1.79. The van der Waals surface area contributed by atoms with Gasteiger partial charge in [0.2, 0.25) is 11.8 Å². The lowest BCUT2D eigenvalue weighted by atomic mass is 10.1. The fourth-order valence-electron chi connectivity index (χ4n) is 2.26. The number of amides is 2. The van der Waals surface area contributed by atoms with Gasteiger partial charge in [-0.2, -0.15) is 0 Å². The van der Waals surface area contributed by atoms with E-state index in [1.165, 1.54) is 11.9 Å². The normalized spacial score (nSPS) is 18.5. The van der Waals surface area contributed by atoms with Crippen LogP contribution in [0.5, 0.6) is 0 Å². The molecular weight excluding hydrogens is 331 g/mol. The van der Waals surface area contributed by atoms with Gasteiger partial charge in [0.05, 0.1) is 13.0 Å².